The summed E-state index contributed by atoms with van der Waals surface area (Å²) in [6, 6.07) is -1.50. The van der Waals surface area contributed by atoms with Gasteiger partial charge >= 0.3 is 0 Å². The van der Waals surface area contributed by atoms with Crippen LogP contribution in [0.1, 0.15) is 6.92 Å². The molecule has 25 atom stereocenters. The first kappa shape index (κ1) is 48.5. The first-order chi connectivity index (χ1) is 27.9. The molecule has 5 aliphatic rings. The van der Waals surface area contributed by atoms with Gasteiger partial charge in [0.05, 0.1) is 33.0 Å². The van der Waals surface area contributed by atoms with E-state index >= 15 is 0 Å². The summed E-state index contributed by atoms with van der Waals surface area (Å²) in [4.78, 5) is 11.7. The van der Waals surface area contributed by atoms with Gasteiger partial charge in [0.15, 0.2) is 31.5 Å². The fraction of sp³-hybridized carbons (Fsp3) is 0.969. The molecule has 17 N–H and O–H groups in total. The van der Waals surface area contributed by atoms with E-state index in [9.17, 15) is 86.5 Å². The molecule has 0 saturated carbocycles. The van der Waals surface area contributed by atoms with Crippen LogP contribution in [0.5, 0.6) is 0 Å². The van der Waals surface area contributed by atoms with E-state index in [4.69, 9.17) is 42.6 Å². The highest BCUT2D eigenvalue weighted by Crippen LogP contribution is 2.35. The van der Waals surface area contributed by atoms with Crippen LogP contribution in [0.2, 0.25) is 0 Å². The van der Waals surface area contributed by atoms with Gasteiger partial charge in [-0.3, -0.25) is 4.79 Å². The topological polar surface area (TPSA) is 436 Å². The number of amides is 1. The third kappa shape index (κ3) is 10.3. The molecule has 27 nitrogen and oxygen atoms in total. The molecule has 0 aromatic heterocycles. The lowest BCUT2D eigenvalue weighted by molar-refractivity contribution is -0.396. The van der Waals surface area contributed by atoms with E-state index in [1.165, 1.54) is 0 Å². The lowest BCUT2D eigenvalue weighted by Crippen LogP contribution is -2.67. The molecular weight excluding hydrogens is 814 g/mol. The van der Waals surface area contributed by atoms with Crippen molar-refractivity contribution < 1.29 is 129 Å². The summed E-state index contributed by atoms with van der Waals surface area (Å²) in [6.07, 6.45) is -44.6. The number of aliphatic hydroxyl groups excluding tert-OH is 16. The van der Waals surface area contributed by atoms with Crippen molar-refractivity contribution in [1.29, 1.82) is 0 Å². The molecule has 59 heavy (non-hydrogen) atoms. The van der Waals surface area contributed by atoms with E-state index in [-0.39, 0.29) is 0 Å². The highest BCUT2D eigenvalue weighted by atomic mass is 16.8. The molecule has 0 radical (unpaired) electrons. The summed E-state index contributed by atoms with van der Waals surface area (Å²) in [5.74, 6) is -0.690. The quantitative estimate of drug-likeness (QED) is 0.0770. The smallest absolute Gasteiger partial charge is 0.217 e. The third-order valence-electron chi connectivity index (χ3n) is 10.7. The predicted octanol–water partition coefficient (Wildman–Crippen LogP) is -11.8. The van der Waals surface area contributed by atoms with Crippen LogP contribution in [0.15, 0.2) is 0 Å². The van der Waals surface area contributed by atoms with Gasteiger partial charge in [-0.05, 0) is 0 Å². The van der Waals surface area contributed by atoms with E-state index in [1.807, 2.05) is 0 Å². The molecule has 5 rings (SSSR count). The molecule has 5 fully saturated rings. The Kier molecular flexibility index (Phi) is 17.1. The molecule has 5 saturated heterocycles. The fourth-order valence-corrected chi connectivity index (χ4v) is 7.29. The normalized spacial score (nSPS) is 51.0. The molecule has 5 heterocycles. The average Bonchev–Trinajstić information content (AvgIpc) is 3.21. The molecule has 5 aliphatic heterocycles. The Morgan fingerprint density at radius 2 is 0.831 bits per heavy atom. The summed E-state index contributed by atoms with van der Waals surface area (Å²) >= 11 is 0. The molecule has 0 bridgehead atoms. The molecule has 1 unspecified atom stereocenters. The molecule has 0 spiro atoms. The number of hydrogen-bond acceptors (Lipinski definition) is 26. The summed E-state index contributed by atoms with van der Waals surface area (Å²) in [7, 11) is 0. The minimum atomic E-state index is -2.06. The second kappa shape index (κ2) is 20.8. The second-order valence-electron chi connectivity index (χ2n) is 14.7. The standard InChI is InChI=1S/C32H55NO26/c1-7(38)33-13-18(43)25(11(5-37)52-28(13)50)57-30-24(49)20(45)17(42)12(56-30)6-51-31-26(21(46)15(40)9(3-35)54-31)59-32-27(22(47)16(41)10(4-36)55-32)58-29-23(48)19(44)14(39)8(2-34)53-29/h8-32,34-37,39-50H,2-6H2,1H3,(H,33,38)/t8-,9-,10-,11-,12-,13-,14-,15-,16-,17-,18-,19+,20+,21+,22+,23-,24+,25-,26+,27+,28?,29-,30-,31+,32-/m1/s1. The van der Waals surface area contributed by atoms with Crippen molar-refractivity contribution in [2.75, 3.05) is 33.0 Å². The predicted molar refractivity (Wildman–Crippen MR) is 178 cm³/mol. The van der Waals surface area contributed by atoms with Crippen LogP contribution >= 0.6 is 0 Å². The molecule has 0 aromatic carbocycles. The van der Waals surface area contributed by atoms with Crippen molar-refractivity contribution in [1.82, 2.24) is 5.32 Å². The van der Waals surface area contributed by atoms with E-state index in [2.05, 4.69) is 5.32 Å². The van der Waals surface area contributed by atoms with Crippen LogP contribution < -0.4 is 5.32 Å². The number of aliphatic hydroxyl groups is 16. The van der Waals surface area contributed by atoms with Crippen molar-refractivity contribution in [3.8, 4) is 0 Å². The maximum absolute atomic E-state index is 11.7. The first-order valence-electron chi connectivity index (χ1n) is 18.6. The summed E-state index contributed by atoms with van der Waals surface area (Å²) < 4.78 is 50.4. The lowest BCUT2D eigenvalue weighted by Gasteiger charge is -2.49. The maximum atomic E-state index is 11.7. The van der Waals surface area contributed by atoms with Gasteiger partial charge in [-0.1, -0.05) is 0 Å². The Balaban J connectivity index is 1.35. The van der Waals surface area contributed by atoms with Crippen LogP contribution in [0.25, 0.3) is 0 Å². The molecule has 344 valence electrons. The largest absolute Gasteiger partial charge is 0.394 e. The third-order valence-corrected chi connectivity index (χ3v) is 10.7. The van der Waals surface area contributed by atoms with Gasteiger partial charge in [-0.2, -0.15) is 0 Å². The van der Waals surface area contributed by atoms with Crippen LogP contribution in [0, 0.1) is 0 Å². The van der Waals surface area contributed by atoms with Crippen molar-refractivity contribution in [3.05, 3.63) is 0 Å². The minimum absolute atomic E-state index is 0.690. The SMILES string of the molecule is CC(=O)N[C@H]1C(O)O[C@H](CO)[C@@H](O[C@H]2O[C@H](CO[C@H]3O[C@H](CO)[C@@H](O)[C@H](O)[C@@H]3O[C@H]3O[C@H](CO)[C@@H](O)[C@H](O)[C@@H]3O[C@H]3O[C@H](CO)[C@@H](O)[C@H](O)[C@H]3O)[C@@H](O)[C@H](O)[C@@H]2O)[C@@H]1O. The van der Waals surface area contributed by atoms with E-state index < -0.39 is 192 Å². The van der Waals surface area contributed by atoms with Crippen LogP contribution in [0.3, 0.4) is 0 Å². The summed E-state index contributed by atoms with van der Waals surface area (Å²) in [6.45, 7) is -3.36. The number of ether oxygens (including phenoxy) is 9. The van der Waals surface area contributed by atoms with Crippen molar-refractivity contribution in [2.24, 2.45) is 0 Å². The molecule has 0 aromatic rings. The molecule has 1 amide bonds. The van der Waals surface area contributed by atoms with Gasteiger partial charge in [0.2, 0.25) is 5.91 Å². The number of rotatable bonds is 14. The van der Waals surface area contributed by atoms with Crippen LogP contribution in [-0.4, -0.2) is 274 Å². The van der Waals surface area contributed by atoms with Crippen molar-refractivity contribution in [2.45, 2.75) is 160 Å². The van der Waals surface area contributed by atoms with Crippen LogP contribution in [-0.2, 0) is 47.4 Å². The Morgan fingerprint density at radius 3 is 1.32 bits per heavy atom. The first-order valence-corrected chi connectivity index (χ1v) is 18.6. The van der Waals surface area contributed by atoms with E-state index in [0.717, 1.165) is 6.92 Å². The Bertz CT molecular complexity index is 1320. The highest BCUT2D eigenvalue weighted by molar-refractivity contribution is 5.73. The fourth-order valence-electron chi connectivity index (χ4n) is 7.29. The zero-order valence-electron chi connectivity index (χ0n) is 31.2. The molecule has 0 aliphatic carbocycles. The van der Waals surface area contributed by atoms with Crippen LogP contribution in [0.4, 0.5) is 0 Å². The number of carbonyl (C=O) groups is 1. The van der Waals surface area contributed by atoms with E-state index in [1.54, 1.807) is 0 Å². The van der Waals surface area contributed by atoms with Gasteiger partial charge in [0.25, 0.3) is 0 Å². The van der Waals surface area contributed by atoms with Crippen molar-refractivity contribution in [3.63, 3.8) is 0 Å². The van der Waals surface area contributed by atoms with Gasteiger partial charge in [0.1, 0.15) is 122 Å². The number of carbonyl (C=O) groups excluding carboxylic acids is 1. The van der Waals surface area contributed by atoms with Gasteiger partial charge in [-0.25, -0.2) is 0 Å². The summed E-state index contributed by atoms with van der Waals surface area (Å²) in [5.41, 5.74) is 0. The highest BCUT2D eigenvalue weighted by Gasteiger charge is 2.55. The maximum Gasteiger partial charge on any atom is 0.217 e. The van der Waals surface area contributed by atoms with Crippen molar-refractivity contribution >= 4 is 5.91 Å². The Labute approximate surface area is 333 Å². The molecule has 27 heteroatoms. The van der Waals surface area contributed by atoms with Gasteiger partial charge in [-0.15, -0.1) is 0 Å². The summed E-state index contributed by atoms with van der Waals surface area (Å²) in [5, 5.41) is 170. The number of hydrogen-bond donors (Lipinski definition) is 17. The average molecular weight is 870 g/mol. The molecular formula is C32H55NO26. The zero-order chi connectivity index (χ0) is 43.6. The lowest BCUT2D eigenvalue weighted by atomic mass is 9.95. The van der Waals surface area contributed by atoms with Gasteiger partial charge < -0.3 is 130 Å². The van der Waals surface area contributed by atoms with E-state index in [0.29, 0.717) is 0 Å². The second-order valence-corrected chi connectivity index (χ2v) is 14.7. The Hall–Kier alpha value is -1.53. The number of nitrogens with one attached hydrogen (secondary N) is 1. The Morgan fingerprint density at radius 1 is 0.441 bits per heavy atom. The minimum Gasteiger partial charge on any atom is -0.394 e. The van der Waals surface area contributed by atoms with Gasteiger partial charge in [0, 0.05) is 6.92 Å². The monoisotopic (exact) mass is 869 g/mol. The zero-order valence-corrected chi connectivity index (χ0v) is 31.2.